The molecule has 7 nitrogen and oxygen atoms in total. The summed E-state index contributed by atoms with van der Waals surface area (Å²) in [4.78, 5) is 18.0. The van der Waals surface area contributed by atoms with Gasteiger partial charge in [0.25, 0.3) is 0 Å². The van der Waals surface area contributed by atoms with Gasteiger partial charge in [-0.1, -0.05) is 30.3 Å². The molecule has 3 N–H and O–H groups in total. The number of carbonyl (C=O) groups is 1. The Morgan fingerprint density at radius 2 is 2.21 bits per heavy atom. The zero-order valence-electron chi connectivity index (χ0n) is 9.93. The molecule has 19 heavy (non-hydrogen) atoms. The number of carbonyl (C=O) groups excluding carboxylic acids is 1. The lowest BCUT2D eigenvalue weighted by molar-refractivity contribution is 0.140. The summed E-state index contributed by atoms with van der Waals surface area (Å²) >= 11 is 0. The highest BCUT2D eigenvalue weighted by Crippen LogP contribution is 2.29. The van der Waals surface area contributed by atoms with Gasteiger partial charge in [0, 0.05) is 0 Å². The van der Waals surface area contributed by atoms with Gasteiger partial charge in [0.15, 0.2) is 6.10 Å². The Labute approximate surface area is 109 Å². The topological polar surface area (TPSA) is 92.5 Å². The molecule has 1 heterocycles. The number of hydrogen-bond acceptors (Lipinski definition) is 4. The molecule has 0 fully saturated rings. The third-order valence-electron chi connectivity index (χ3n) is 2.66. The number of amidine groups is 1. The molecule has 7 heteroatoms. The predicted molar refractivity (Wildman–Crippen MR) is 66.6 cm³/mol. The number of hydrogen-bond donors (Lipinski definition) is 2. The molecule has 0 radical (unpaired) electrons. The number of nitrogens with two attached hydrogens (primary N) is 1. The zero-order valence-corrected chi connectivity index (χ0v) is 9.93. The Kier molecular flexibility index (Phi) is 3.63. The number of aliphatic imine (C=N–C) groups is 1. The van der Waals surface area contributed by atoms with Gasteiger partial charge in [-0.2, -0.15) is 6.57 Å². The molecular formula is C12H12N4O3. The summed E-state index contributed by atoms with van der Waals surface area (Å²) in [5, 5.41) is 9.84. The molecule has 0 aromatic heterocycles. The summed E-state index contributed by atoms with van der Waals surface area (Å²) in [5.74, 6) is 0. The van der Waals surface area contributed by atoms with Crippen molar-refractivity contribution in [3.63, 3.8) is 0 Å². The summed E-state index contributed by atoms with van der Waals surface area (Å²) in [6, 6.07) is 7.41. The normalized spacial score (nSPS) is 21.2. The lowest BCUT2D eigenvalue weighted by atomic mass is 10.0. The first-order chi connectivity index (χ1) is 9.17. The minimum Gasteiger partial charge on any atom is -0.450 e. The Hall–Kier alpha value is -2.59. The van der Waals surface area contributed by atoms with Crippen molar-refractivity contribution in [2.24, 2.45) is 10.7 Å². The van der Waals surface area contributed by atoms with Gasteiger partial charge in [-0.05, 0) is 5.56 Å². The summed E-state index contributed by atoms with van der Waals surface area (Å²) in [5.41, 5.74) is 5.85. The smallest absolute Gasteiger partial charge is 0.392 e. The van der Waals surface area contributed by atoms with Gasteiger partial charge in [-0.3, -0.25) is 0 Å². The van der Waals surface area contributed by atoms with Crippen molar-refractivity contribution in [3.8, 4) is 0 Å². The Bertz CT molecular complexity index is 538. The maximum absolute atomic E-state index is 11.1. The molecule has 2 atom stereocenters. The van der Waals surface area contributed by atoms with Gasteiger partial charge in [0.2, 0.25) is 0 Å². The van der Waals surface area contributed by atoms with Gasteiger partial charge in [-0.25, -0.2) is 9.79 Å². The molecule has 0 saturated carbocycles. The van der Waals surface area contributed by atoms with Crippen LogP contribution in [-0.4, -0.2) is 34.8 Å². The average Bonchev–Trinajstić information content (AvgIpc) is 2.84. The van der Waals surface area contributed by atoms with Crippen molar-refractivity contribution in [1.82, 2.24) is 5.01 Å². The fraction of sp³-hybridized carbons (Fsp3) is 0.250. The molecule has 2 unspecified atom stereocenters. The fourth-order valence-electron chi connectivity index (χ4n) is 1.79. The second-order valence-electron chi connectivity index (χ2n) is 3.86. The maximum atomic E-state index is 11.1. The largest absolute Gasteiger partial charge is 0.450 e. The average molecular weight is 260 g/mol. The number of nitrogens with zero attached hydrogens (tertiary/aromatic N) is 3. The molecule has 1 aromatic rings. The molecule has 0 saturated heterocycles. The fourth-order valence-corrected chi connectivity index (χ4v) is 1.79. The van der Waals surface area contributed by atoms with Crippen LogP contribution in [0.4, 0.5) is 4.79 Å². The third kappa shape index (κ3) is 2.48. The van der Waals surface area contributed by atoms with E-state index in [0.29, 0.717) is 5.01 Å². The predicted octanol–water partition coefficient (Wildman–Crippen LogP) is 0.690. The minimum atomic E-state index is -0.973. The molecule has 0 bridgehead atoms. The molecule has 1 aromatic carbocycles. The van der Waals surface area contributed by atoms with Crippen molar-refractivity contribution < 1.29 is 14.6 Å². The van der Waals surface area contributed by atoms with Crippen LogP contribution in [0.5, 0.6) is 0 Å². The highest BCUT2D eigenvalue weighted by molar-refractivity contribution is 5.94. The number of rotatable bonds is 2. The number of benzene rings is 1. The number of ether oxygens (including phenoxy) is 1. The van der Waals surface area contributed by atoms with Crippen molar-refractivity contribution in [1.29, 1.82) is 0 Å². The first-order valence-electron chi connectivity index (χ1n) is 5.54. The Morgan fingerprint density at radius 1 is 1.53 bits per heavy atom. The van der Waals surface area contributed by atoms with E-state index >= 15 is 0 Å². The van der Waals surface area contributed by atoms with Crippen LogP contribution >= 0.6 is 0 Å². The number of amides is 2. The van der Waals surface area contributed by atoms with E-state index in [1.165, 1.54) is 0 Å². The van der Waals surface area contributed by atoms with E-state index < -0.39 is 18.2 Å². The number of aliphatic hydroxyl groups excluding tert-OH is 1. The van der Waals surface area contributed by atoms with Crippen LogP contribution in [-0.2, 0) is 4.74 Å². The zero-order chi connectivity index (χ0) is 13.8. The van der Waals surface area contributed by atoms with E-state index in [0.717, 1.165) is 5.56 Å². The van der Waals surface area contributed by atoms with Crippen molar-refractivity contribution in [2.75, 3.05) is 6.61 Å². The Balaban J connectivity index is 2.25. The molecule has 2 amide bonds. The van der Waals surface area contributed by atoms with E-state index in [1.54, 1.807) is 0 Å². The van der Waals surface area contributed by atoms with E-state index in [-0.39, 0.29) is 12.6 Å². The van der Waals surface area contributed by atoms with Crippen LogP contribution in [0.1, 0.15) is 11.7 Å². The van der Waals surface area contributed by atoms with Crippen molar-refractivity contribution >= 4 is 12.1 Å². The van der Waals surface area contributed by atoms with Crippen LogP contribution < -0.4 is 5.73 Å². The highest BCUT2D eigenvalue weighted by Gasteiger charge is 2.38. The molecule has 0 spiro atoms. The summed E-state index contributed by atoms with van der Waals surface area (Å²) in [7, 11) is 0. The second kappa shape index (κ2) is 5.37. The van der Waals surface area contributed by atoms with Crippen LogP contribution in [0, 0.1) is 6.57 Å². The molecule has 1 aliphatic heterocycles. The van der Waals surface area contributed by atoms with Crippen molar-refractivity contribution in [3.05, 3.63) is 47.4 Å². The molecule has 1 aliphatic rings. The third-order valence-corrected chi connectivity index (χ3v) is 2.66. The van der Waals surface area contributed by atoms with Crippen LogP contribution in [0.25, 0.3) is 4.95 Å². The minimum absolute atomic E-state index is 0.185. The second-order valence-corrected chi connectivity index (χ2v) is 3.86. The van der Waals surface area contributed by atoms with Crippen molar-refractivity contribution in [2.45, 2.75) is 12.1 Å². The quantitative estimate of drug-likeness (QED) is 0.605. The molecule has 98 valence electrons. The first-order valence-corrected chi connectivity index (χ1v) is 5.54. The van der Waals surface area contributed by atoms with E-state index in [1.807, 2.05) is 30.3 Å². The Morgan fingerprint density at radius 3 is 2.74 bits per heavy atom. The maximum Gasteiger partial charge on any atom is 0.392 e. The number of primary amides is 1. The molecular weight excluding hydrogens is 248 g/mol. The van der Waals surface area contributed by atoms with Gasteiger partial charge in [0.05, 0.1) is 11.6 Å². The van der Waals surface area contributed by atoms with Gasteiger partial charge in [-0.15, -0.1) is 4.95 Å². The number of aliphatic hydroxyl groups is 1. The monoisotopic (exact) mass is 260 g/mol. The highest BCUT2D eigenvalue weighted by atomic mass is 16.5. The molecule has 2 rings (SSSR count). The van der Waals surface area contributed by atoms with Gasteiger partial charge >= 0.3 is 12.1 Å². The van der Waals surface area contributed by atoms with Gasteiger partial charge < -0.3 is 15.6 Å². The van der Waals surface area contributed by atoms with Gasteiger partial charge in [0.1, 0.15) is 6.04 Å². The lowest BCUT2D eigenvalue weighted by Crippen LogP contribution is -2.35. The van der Waals surface area contributed by atoms with E-state index in [2.05, 4.69) is 9.95 Å². The van der Waals surface area contributed by atoms with E-state index in [9.17, 15) is 9.90 Å². The van der Waals surface area contributed by atoms with Crippen LogP contribution in [0.2, 0.25) is 0 Å². The first kappa shape index (κ1) is 12.9. The van der Waals surface area contributed by atoms with E-state index in [4.69, 9.17) is 17.0 Å². The van der Waals surface area contributed by atoms with Crippen LogP contribution in [0.3, 0.4) is 0 Å². The standard InChI is InChI=1S/C12H12N4O3/c1-14-16(11(13)18)12-15-9(7-17)10(19-12)8-5-3-2-4-6-8/h2-6,9-10,17H,7H2,(H2,13,18). The summed E-state index contributed by atoms with van der Waals surface area (Å²) < 4.78 is 5.47. The lowest BCUT2D eigenvalue weighted by Gasteiger charge is -2.15. The SMILES string of the molecule is [C-]#[N+]N(C(N)=O)C1=NC(CO)C(c2ccccc2)O1. The van der Waals surface area contributed by atoms with Crippen LogP contribution in [0.15, 0.2) is 35.3 Å². The molecule has 0 aliphatic carbocycles. The number of urea groups is 1. The summed E-state index contributed by atoms with van der Waals surface area (Å²) in [6.45, 7) is 6.62. The summed E-state index contributed by atoms with van der Waals surface area (Å²) in [6.07, 6.45) is -0.537.